The predicted octanol–water partition coefficient (Wildman–Crippen LogP) is -3.27. The molecular weight excluding hydrogens is 386 g/mol. The van der Waals surface area contributed by atoms with Crippen LogP contribution in [0.25, 0.3) is 0 Å². The lowest BCUT2D eigenvalue weighted by Gasteiger charge is -2.23. The van der Waals surface area contributed by atoms with E-state index < -0.39 is 60.2 Å². The lowest BCUT2D eigenvalue weighted by atomic mass is 10.1. The maximum atomic E-state index is 12.7. The number of nitrogens with two attached hydrogens (primary N) is 2. The van der Waals surface area contributed by atoms with Crippen LogP contribution in [0, 0.1) is 0 Å². The van der Waals surface area contributed by atoms with Gasteiger partial charge in [0.2, 0.25) is 23.6 Å². The first-order valence-corrected chi connectivity index (χ1v) is 8.66. The van der Waals surface area contributed by atoms with Crippen molar-refractivity contribution in [2.24, 2.45) is 11.5 Å². The number of carbonyl (C=O) groups excluding carboxylic acids is 4. The van der Waals surface area contributed by atoms with Crippen LogP contribution in [-0.4, -0.2) is 68.8 Å². The van der Waals surface area contributed by atoms with Gasteiger partial charge in [0.05, 0.1) is 18.8 Å². The summed E-state index contributed by atoms with van der Waals surface area (Å²) in [6.07, 6.45) is 2.26. The molecule has 0 saturated carbocycles. The summed E-state index contributed by atoms with van der Waals surface area (Å²) in [7, 11) is 0. The molecule has 1 aromatic heterocycles. The Morgan fingerprint density at radius 2 is 1.66 bits per heavy atom. The van der Waals surface area contributed by atoms with Gasteiger partial charge in [-0.25, -0.2) is 4.98 Å². The average Bonchev–Trinajstić information content (AvgIpc) is 3.12. The first kappa shape index (κ1) is 23.6. The second-order valence-electron chi connectivity index (χ2n) is 6.43. The molecule has 29 heavy (non-hydrogen) atoms. The van der Waals surface area contributed by atoms with E-state index in [9.17, 15) is 24.0 Å². The van der Waals surface area contributed by atoms with Gasteiger partial charge in [-0.05, 0) is 13.8 Å². The summed E-state index contributed by atoms with van der Waals surface area (Å²) in [6, 6.07) is -4.73. The van der Waals surface area contributed by atoms with Gasteiger partial charge in [-0.15, -0.1) is 0 Å². The molecule has 4 unspecified atom stereocenters. The monoisotopic (exact) mass is 411 g/mol. The summed E-state index contributed by atoms with van der Waals surface area (Å²) >= 11 is 0. The fourth-order valence-corrected chi connectivity index (χ4v) is 2.19. The third kappa shape index (κ3) is 7.96. The van der Waals surface area contributed by atoms with Crippen molar-refractivity contribution in [2.45, 2.75) is 50.9 Å². The Morgan fingerprint density at radius 1 is 1.07 bits per heavy atom. The highest BCUT2D eigenvalue weighted by Gasteiger charge is 2.30. The maximum Gasteiger partial charge on any atom is 0.325 e. The summed E-state index contributed by atoms with van der Waals surface area (Å²) in [4.78, 5) is 65.7. The summed E-state index contributed by atoms with van der Waals surface area (Å²) in [5.74, 6) is -4.51. The molecule has 1 rings (SSSR count). The second-order valence-corrected chi connectivity index (χ2v) is 6.43. The zero-order chi connectivity index (χ0) is 22.1. The van der Waals surface area contributed by atoms with Gasteiger partial charge in [0, 0.05) is 18.3 Å². The number of rotatable bonds is 11. The Hall–Kier alpha value is -3.48. The van der Waals surface area contributed by atoms with Crippen molar-refractivity contribution in [1.82, 2.24) is 25.9 Å². The largest absolute Gasteiger partial charge is 0.480 e. The molecule has 1 heterocycles. The van der Waals surface area contributed by atoms with E-state index in [4.69, 9.17) is 16.6 Å². The van der Waals surface area contributed by atoms with Crippen LogP contribution in [0.5, 0.6) is 0 Å². The second kappa shape index (κ2) is 10.8. The highest BCUT2D eigenvalue weighted by Crippen LogP contribution is 2.02. The molecule has 13 heteroatoms. The molecule has 0 saturated heterocycles. The third-order valence-corrected chi connectivity index (χ3v) is 3.79. The van der Waals surface area contributed by atoms with Gasteiger partial charge in [-0.1, -0.05) is 0 Å². The molecule has 0 aliphatic rings. The Morgan fingerprint density at radius 3 is 2.14 bits per heavy atom. The van der Waals surface area contributed by atoms with Gasteiger partial charge in [0.15, 0.2) is 0 Å². The van der Waals surface area contributed by atoms with Crippen molar-refractivity contribution in [2.75, 3.05) is 0 Å². The molecule has 4 atom stereocenters. The first-order chi connectivity index (χ1) is 13.5. The fourth-order valence-electron chi connectivity index (χ4n) is 2.19. The van der Waals surface area contributed by atoms with Crippen molar-refractivity contribution in [3.63, 3.8) is 0 Å². The lowest BCUT2D eigenvalue weighted by Crippen LogP contribution is -2.57. The smallest absolute Gasteiger partial charge is 0.325 e. The molecule has 0 radical (unpaired) electrons. The minimum atomic E-state index is -1.43. The van der Waals surface area contributed by atoms with Crippen molar-refractivity contribution in [3.05, 3.63) is 18.2 Å². The minimum absolute atomic E-state index is 0.000727. The molecule has 0 fully saturated rings. The highest BCUT2D eigenvalue weighted by molar-refractivity contribution is 5.96. The molecule has 0 aromatic carbocycles. The van der Waals surface area contributed by atoms with Crippen LogP contribution in [0.15, 0.2) is 12.5 Å². The van der Waals surface area contributed by atoms with E-state index in [1.54, 1.807) is 0 Å². The molecule has 13 nitrogen and oxygen atoms in total. The number of primary amides is 1. The number of nitrogens with zero attached hydrogens (tertiary/aromatic N) is 1. The van der Waals surface area contributed by atoms with Gasteiger partial charge < -0.3 is 37.5 Å². The molecule has 1 aromatic rings. The topological polar surface area (TPSA) is 222 Å². The number of aromatic nitrogens is 2. The van der Waals surface area contributed by atoms with E-state index in [1.807, 2.05) is 0 Å². The van der Waals surface area contributed by atoms with E-state index in [0.29, 0.717) is 5.69 Å². The molecule has 0 bridgehead atoms. The van der Waals surface area contributed by atoms with E-state index in [2.05, 4.69) is 25.9 Å². The lowest BCUT2D eigenvalue weighted by molar-refractivity contribution is -0.142. The molecule has 4 amide bonds. The van der Waals surface area contributed by atoms with Crippen LogP contribution >= 0.6 is 0 Å². The number of H-pyrrole nitrogens is 1. The summed E-state index contributed by atoms with van der Waals surface area (Å²) in [6.45, 7) is 2.64. The van der Waals surface area contributed by atoms with Crippen LogP contribution in [0.3, 0.4) is 0 Å². The van der Waals surface area contributed by atoms with Crippen LogP contribution in [0.2, 0.25) is 0 Å². The SMILES string of the molecule is CC(N)C(=O)NC(Cc1cnc[nH]1)C(=O)NC(CC(N)=O)C(=O)NC(C)C(=O)O. The standard InChI is InChI=1S/C16H25N7O6/c1-7(17)13(25)22-10(3-9-5-19-6-20-9)15(27)23-11(4-12(18)24)14(26)21-8(2)16(28)29/h5-8,10-11H,3-4,17H2,1-2H3,(H2,18,24)(H,19,20)(H,21,26)(H,22,25)(H,23,27)(H,28,29). The maximum absolute atomic E-state index is 12.7. The first-order valence-electron chi connectivity index (χ1n) is 8.66. The molecular formula is C16H25N7O6. The van der Waals surface area contributed by atoms with Gasteiger partial charge in [0.25, 0.3) is 0 Å². The normalized spacial score (nSPS) is 14.7. The number of aliphatic carboxylic acids is 1. The van der Waals surface area contributed by atoms with Gasteiger partial charge in [-0.2, -0.15) is 0 Å². The number of hydrogen-bond donors (Lipinski definition) is 7. The van der Waals surface area contributed by atoms with E-state index in [0.717, 1.165) is 0 Å². The zero-order valence-electron chi connectivity index (χ0n) is 16.0. The van der Waals surface area contributed by atoms with E-state index >= 15 is 0 Å². The Bertz CT molecular complexity index is 749. The number of aromatic amines is 1. The zero-order valence-corrected chi connectivity index (χ0v) is 16.0. The number of nitrogens with one attached hydrogen (secondary N) is 4. The summed E-state index contributed by atoms with van der Waals surface area (Å²) in [5.41, 5.74) is 11.1. The third-order valence-electron chi connectivity index (χ3n) is 3.79. The highest BCUT2D eigenvalue weighted by atomic mass is 16.4. The quantitative estimate of drug-likeness (QED) is 0.195. The number of imidazole rings is 1. The number of carboxylic acids is 1. The Kier molecular flexibility index (Phi) is 8.73. The van der Waals surface area contributed by atoms with Crippen LogP contribution in [-0.2, 0) is 30.4 Å². The average molecular weight is 411 g/mol. The van der Waals surface area contributed by atoms with E-state index in [-0.39, 0.29) is 6.42 Å². The Balaban J connectivity index is 2.96. The van der Waals surface area contributed by atoms with E-state index in [1.165, 1.54) is 26.4 Å². The van der Waals surface area contributed by atoms with Gasteiger partial charge in [-0.3, -0.25) is 24.0 Å². The minimum Gasteiger partial charge on any atom is -0.480 e. The van der Waals surface area contributed by atoms with Crippen molar-refractivity contribution >= 4 is 29.6 Å². The van der Waals surface area contributed by atoms with Gasteiger partial charge >= 0.3 is 5.97 Å². The molecule has 160 valence electrons. The molecule has 0 aliphatic heterocycles. The van der Waals surface area contributed by atoms with Crippen molar-refractivity contribution in [1.29, 1.82) is 0 Å². The number of carbonyl (C=O) groups is 5. The number of amides is 4. The summed E-state index contributed by atoms with van der Waals surface area (Å²) < 4.78 is 0. The molecule has 0 spiro atoms. The van der Waals surface area contributed by atoms with Crippen LogP contribution in [0.1, 0.15) is 26.0 Å². The molecule has 9 N–H and O–H groups in total. The van der Waals surface area contributed by atoms with Crippen LogP contribution < -0.4 is 27.4 Å². The molecule has 0 aliphatic carbocycles. The number of hydrogen-bond acceptors (Lipinski definition) is 7. The van der Waals surface area contributed by atoms with Gasteiger partial charge in [0.1, 0.15) is 18.1 Å². The van der Waals surface area contributed by atoms with Crippen molar-refractivity contribution < 1.29 is 29.1 Å². The Labute approximate surface area is 166 Å². The number of carboxylic acid groups (broad SMARTS) is 1. The van der Waals surface area contributed by atoms with Crippen molar-refractivity contribution in [3.8, 4) is 0 Å². The van der Waals surface area contributed by atoms with Crippen LogP contribution in [0.4, 0.5) is 0 Å². The summed E-state index contributed by atoms with van der Waals surface area (Å²) in [5, 5.41) is 15.8. The predicted molar refractivity (Wildman–Crippen MR) is 98.9 cm³/mol. The fraction of sp³-hybridized carbons (Fsp3) is 0.500.